The van der Waals surface area contributed by atoms with Crippen molar-refractivity contribution in [3.63, 3.8) is 0 Å². The van der Waals surface area contributed by atoms with E-state index >= 15 is 0 Å². The van der Waals surface area contributed by atoms with Crippen molar-refractivity contribution in [3.05, 3.63) is 81.7 Å². The molecular formula is C21H12Cl2N2O4S. The number of hydrogen-bond acceptors (Lipinski definition) is 4. The van der Waals surface area contributed by atoms with Crippen LogP contribution in [0, 0.1) is 0 Å². The minimum atomic E-state index is -1.09. The van der Waals surface area contributed by atoms with Crippen LogP contribution in [0.5, 0.6) is 0 Å². The number of furan rings is 1. The summed E-state index contributed by atoms with van der Waals surface area (Å²) in [6.45, 7) is 0. The molecule has 150 valence electrons. The van der Waals surface area contributed by atoms with Crippen molar-refractivity contribution in [2.75, 3.05) is 4.90 Å². The third-order valence-electron chi connectivity index (χ3n) is 4.35. The van der Waals surface area contributed by atoms with Gasteiger partial charge in [-0.3, -0.25) is 9.69 Å². The number of rotatable bonds is 4. The Morgan fingerprint density at radius 2 is 1.90 bits per heavy atom. The summed E-state index contributed by atoms with van der Waals surface area (Å²) < 4.78 is 5.79. The Balaban J connectivity index is 1.61. The molecule has 0 bridgehead atoms. The number of carboxylic acids is 1. The summed E-state index contributed by atoms with van der Waals surface area (Å²) in [7, 11) is 0. The van der Waals surface area contributed by atoms with Crippen LogP contribution in [0.2, 0.25) is 10.0 Å². The van der Waals surface area contributed by atoms with Gasteiger partial charge in [0.15, 0.2) is 5.11 Å². The van der Waals surface area contributed by atoms with Gasteiger partial charge in [-0.15, -0.1) is 0 Å². The van der Waals surface area contributed by atoms with Gasteiger partial charge >= 0.3 is 5.97 Å². The van der Waals surface area contributed by atoms with Gasteiger partial charge in [0, 0.05) is 11.6 Å². The minimum absolute atomic E-state index is 0.0535. The van der Waals surface area contributed by atoms with Crippen molar-refractivity contribution in [1.29, 1.82) is 0 Å². The molecule has 2 aromatic carbocycles. The predicted octanol–water partition coefficient (Wildman–Crippen LogP) is 5.21. The lowest BCUT2D eigenvalue weighted by molar-refractivity contribution is -0.113. The van der Waals surface area contributed by atoms with Crippen molar-refractivity contribution in [1.82, 2.24) is 5.32 Å². The van der Waals surface area contributed by atoms with Crippen LogP contribution in [0.25, 0.3) is 17.4 Å². The quantitative estimate of drug-likeness (QED) is 0.412. The average molecular weight is 459 g/mol. The van der Waals surface area contributed by atoms with Crippen molar-refractivity contribution in [2.45, 2.75) is 0 Å². The van der Waals surface area contributed by atoms with E-state index in [9.17, 15) is 9.59 Å². The molecule has 9 heteroatoms. The van der Waals surface area contributed by atoms with Crippen molar-refractivity contribution >= 4 is 64.2 Å². The smallest absolute Gasteiger partial charge is 0.335 e. The molecule has 30 heavy (non-hydrogen) atoms. The molecule has 4 rings (SSSR count). The molecule has 0 aliphatic carbocycles. The predicted molar refractivity (Wildman–Crippen MR) is 119 cm³/mol. The van der Waals surface area contributed by atoms with Crippen LogP contribution in [0.3, 0.4) is 0 Å². The molecule has 1 aliphatic rings. The van der Waals surface area contributed by atoms with Gasteiger partial charge in [0.05, 0.1) is 21.3 Å². The molecular weight excluding hydrogens is 447 g/mol. The Labute approximate surface area is 186 Å². The molecule has 1 aliphatic heterocycles. The second-order valence-electron chi connectivity index (χ2n) is 6.32. The van der Waals surface area contributed by atoms with E-state index in [1.807, 2.05) is 0 Å². The van der Waals surface area contributed by atoms with Gasteiger partial charge in [0.1, 0.15) is 17.2 Å². The molecule has 0 unspecified atom stereocenters. The molecule has 2 heterocycles. The second kappa shape index (κ2) is 7.95. The first-order valence-corrected chi connectivity index (χ1v) is 9.75. The third-order valence-corrected chi connectivity index (χ3v) is 5.37. The molecule has 1 aromatic heterocycles. The number of nitrogens with zero attached hydrogens (tertiary/aromatic N) is 1. The lowest BCUT2D eigenvalue weighted by atomic mass is 10.2. The molecule has 0 spiro atoms. The summed E-state index contributed by atoms with van der Waals surface area (Å²) in [4.78, 5) is 25.3. The van der Waals surface area contributed by atoms with E-state index in [1.54, 1.807) is 42.5 Å². The van der Waals surface area contributed by atoms with Crippen LogP contribution in [0.15, 0.2) is 64.7 Å². The van der Waals surface area contributed by atoms with Gasteiger partial charge in [-0.25, -0.2) is 4.79 Å². The molecule has 1 saturated heterocycles. The Hall–Kier alpha value is -3.13. The highest BCUT2D eigenvalue weighted by Crippen LogP contribution is 2.30. The number of carboxylic acid groups (broad SMARTS) is 1. The first kappa shape index (κ1) is 20.2. The lowest BCUT2D eigenvalue weighted by Gasteiger charge is -2.14. The van der Waals surface area contributed by atoms with Crippen LogP contribution >= 0.6 is 35.4 Å². The van der Waals surface area contributed by atoms with Crippen LogP contribution in [-0.4, -0.2) is 22.1 Å². The number of anilines is 1. The molecule has 1 fully saturated rings. The van der Waals surface area contributed by atoms with Gasteiger partial charge in [0.25, 0.3) is 5.91 Å². The standard InChI is InChI=1S/C21H12Cl2N2O4S/c22-15-6-4-11(9-16(15)23)18-7-5-14(29-18)10-17-19(26)25(21(30)24-17)13-3-1-2-12(8-13)20(27)28/h1-10H,(H,24,30)(H,27,28). The van der Waals surface area contributed by atoms with Crippen molar-refractivity contribution < 1.29 is 19.1 Å². The largest absolute Gasteiger partial charge is 0.478 e. The summed E-state index contributed by atoms with van der Waals surface area (Å²) in [6, 6.07) is 14.6. The maximum Gasteiger partial charge on any atom is 0.335 e. The normalized spacial score (nSPS) is 15.0. The summed E-state index contributed by atoms with van der Waals surface area (Å²) in [5.41, 5.74) is 1.35. The highest BCUT2D eigenvalue weighted by Gasteiger charge is 2.32. The Morgan fingerprint density at radius 3 is 2.63 bits per heavy atom. The fourth-order valence-electron chi connectivity index (χ4n) is 2.92. The Bertz CT molecular complexity index is 1240. The molecule has 1 amide bonds. The van der Waals surface area contributed by atoms with E-state index in [-0.39, 0.29) is 16.4 Å². The number of hydrogen-bond donors (Lipinski definition) is 2. The van der Waals surface area contributed by atoms with Gasteiger partial charge in [-0.2, -0.15) is 0 Å². The van der Waals surface area contributed by atoms with Crippen LogP contribution < -0.4 is 10.2 Å². The van der Waals surface area contributed by atoms with Crippen LogP contribution in [0.4, 0.5) is 5.69 Å². The zero-order valence-corrected chi connectivity index (χ0v) is 17.4. The van der Waals surface area contributed by atoms with Gasteiger partial charge in [0.2, 0.25) is 0 Å². The molecule has 3 aromatic rings. The lowest BCUT2D eigenvalue weighted by Crippen LogP contribution is -2.30. The Kier molecular flexibility index (Phi) is 5.34. The maximum atomic E-state index is 12.8. The molecule has 0 saturated carbocycles. The maximum absolute atomic E-state index is 12.8. The monoisotopic (exact) mass is 458 g/mol. The first-order valence-electron chi connectivity index (χ1n) is 8.59. The average Bonchev–Trinajstić information content (AvgIpc) is 3.29. The van der Waals surface area contributed by atoms with E-state index in [4.69, 9.17) is 44.9 Å². The third kappa shape index (κ3) is 3.82. The van der Waals surface area contributed by atoms with E-state index in [1.165, 1.54) is 23.1 Å². The Morgan fingerprint density at radius 1 is 1.10 bits per heavy atom. The zero-order valence-electron chi connectivity index (χ0n) is 15.1. The van der Waals surface area contributed by atoms with E-state index in [0.717, 1.165) is 5.56 Å². The number of nitrogens with one attached hydrogen (secondary N) is 1. The summed E-state index contributed by atoms with van der Waals surface area (Å²) in [5.74, 6) is -0.533. The van der Waals surface area contributed by atoms with Crippen LogP contribution in [-0.2, 0) is 4.79 Å². The highest BCUT2D eigenvalue weighted by atomic mass is 35.5. The van der Waals surface area contributed by atoms with Crippen LogP contribution in [0.1, 0.15) is 16.1 Å². The highest BCUT2D eigenvalue weighted by molar-refractivity contribution is 7.80. The van der Waals surface area contributed by atoms with Gasteiger partial charge in [-0.1, -0.05) is 29.3 Å². The summed E-state index contributed by atoms with van der Waals surface area (Å²) in [6.07, 6.45) is 1.52. The molecule has 6 nitrogen and oxygen atoms in total. The number of thiocarbonyl (C=S) groups is 1. The number of carbonyl (C=O) groups is 2. The minimum Gasteiger partial charge on any atom is -0.478 e. The number of halogens is 2. The second-order valence-corrected chi connectivity index (χ2v) is 7.52. The topological polar surface area (TPSA) is 82.8 Å². The van der Waals surface area contributed by atoms with Gasteiger partial charge in [-0.05, 0) is 60.7 Å². The van der Waals surface area contributed by atoms with E-state index in [0.29, 0.717) is 27.3 Å². The fraction of sp³-hybridized carbons (Fsp3) is 0. The molecule has 0 radical (unpaired) electrons. The first-order chi connectivity index (χ1) is 14.3. The van der Waals surface area contributed by atoms with E-state index < -0.39 is 11.9 Å². The zero-order chi connectivity index (χ0) is 21.4. The van der Waals surface area contributed by atoms with Gasteiger partial charge < -0.3 is 14.8 Å². The molecule has 2 N–H and O–H groups in total. The fourth-order valence-corrected chi connectivity index (χ4v) is 3.52. The number of aromatic carboxylic acids is 1. The molecule has 0 atom stereocenters. The van der Waals surface area contributed by atoms with Crippen molar-refractivity contribution in [3.8, 4) is 11.3 Å². The number of carbonyl (C=O) groups excluding carboxylic acids is 1. The SMILES string of the molecule is O=C(O)c1cccc(N2C(=O)C(=Cc3ccc(-c4ccc(Cl)c(Cl)c4)o3)NC2=S)c1. The summed E-state index contributed by atoms with van der Waals surface area (Å²) in [5, 5.41) is 13.0. The van der Waals surface area contributed by atoms with E-state index in [2.05, 4.69) is 5.32 Å². The van der Waals surface area contributed by atoms with Crippen molar-refractivity contribution in [2.24, 2.45) is 0 Å². The number of benzene rings is 2. The summed E-state index contributed by atoms with van der Waals surface area (Å²) >= 11 is 17.2. The number of amides is 1.